The van der Waals surface area contributed by atoms with Crippen LogP contribution in [0.4, 0.5) is 0 Å². The van der Waals surface area contributed by atoms with Crippen molar-refractivity contribution in [2.24, 2.45) is 5.92 Å². The summed E-state index contributed by atoms with van der Waals surface area (Å²) in [5.41, 5.74) is 0. The predicted molar refractivity (Wildman–Crippen MR) is 105 cm³/mol. The van der Waals surface area contributed by atoms with Gasteiger partial charge in [0.15, 0.2) is 0 Å². The normalized spacial score (nSPS) is 13.2. The molecular weight excluding hydrogens is 378 g/mol. The van der Waals surface area contributed by atoms with E-state index in [1.54, 1.807) is 14.0 Å². The Balaban J connectivity index is 3.99. The Morgan fingerprint density at radius 1 is 0.885 bits per heavy atom. The molecular formula is C17H29NO6S2. The molecule has 0 aliphatic carbocycles. The van der Waals surface area contributed by atoms with Crippen LogP contribution in [0, 0.1) is 5.92 Å². The molecule has 0 amide bonds. The molecule has 0 heterocycles. The smallest absolute Gasteiger partial charge is 0.321 e. The van der Waals surface area contributed by atoms with E-state index in [2.05, 4.69) is 5.32 Å². The van der Waals surface area contributed by atoms with Gasteiger partial charge in [-0.05, 0) is 26.8 Å². The summed E-state index contributed by atoms with van der Waals surface area (Å²) >= 11 is 0. The number of carbonyl (C=O) groups is 4. The number of nitrogens with one attached hydrogen (secondary N) is 1. The quantitative estimate of drug-likeness (QED) is 0.247. The van der Waals surface area contributed by atoms with E-state index < -0.39 is 23.9 Å². The zero-order valence-corrected chi connectivity index (χ0v) is 17.0. The molecule has 0 fully saturated rings. The molecule has 150 valence electrons. The summed E-state index contributed by atoms with van der Waals surface area (Å²) < 4.78 is 0. The summed E-state index contributed by atoms with van der Waals surface area (Å²) in [4.78, 5) is 44.9. The molecule has 0 aromatic carbocycles. The fourth-order valence-electron chi connectivity index (χ4n) is 2.17. The van der Waals surface area contributed by atoms with Gasteiger partial charge < -0.3 is 20.3 Å². The standard InChI is InChI=1S/C17H29NO6S2/c1-12(19)7-5-3-4-6-8-14(20)9-13(16(21)22)10-25-26-11-15(18-2)17(23)24/h13,15,18H,3-11H2,1-2H3,(H,21,22)(H,23,24). The first kappa shape index (κ1) is 24.9. The van der Waals surface area contributed by atoms with Crippen molar-refractivity contribution in [2.45, 2.75) is 57.9 Å². The molecule has 7 nitrogen and oxygen atoms in total. The monoisotopic (exact) mass is 407 g/mol. The molecule has 2 unspecified atom stereocenters. The number of hydrogen-bond acceptors (Lipinski definition) is 7. The number of carboxylic acid groups (broad SMARTS) is 2. The maximum Gasteiger partial charge on any atom is 0.321 e. The van der Waals surface area contributed by atoms with Gasteiger partial charge in [-0.1, -0.05) is 34.4 Å². The van der Waals surface area contributed by atoms with Crippen molar-refractivity contribution in [3.05, 3.63) is 0 Å². The molecule has 0 aromatic rings. The van der Waals surface area contributed by atoms with Gasteiger partial charge in [0.05, 0.1) is 5.92 Å². The Kier molecular flexibility index (Phi) is 14.4. The van der Waals surface area contributed by atoms with Crippen LogP contribution in [0.3, 0.4) is 0 Å². The van der Waals surface area contributed by atoms with E-state index >= 15 is 0 Å². The Morgan fingerprint density at radius 3 is 1.96 bits per heavy atom. The SMILES string of the molecule is CNC(CSSCC(CC(=O)CCCCCCC(C)=O)C(=O)O)C(=O)O. The molecule has 26 heavy (non-hydrogen) atoms. The van der Waals surface area contributed by atoms with Crippen molar-refractivity contribution < 1.29 is 29.4 Å². The van der Waals surface area contributed by atoms with Crippen LogP contribution in [-0.4, -0.2) is 58.3 Å². The lowest BCUT2D eigenvalue weighted by Gasteiger charge is -2.13. The lowest BCUT2D eigenvalue weighted by Crippen LogP contribution is -2.35. The van der Waals surface area contributed by atoms with Crippen LogP contribution >= 0.6 is 21.6 Å². The van der Waals surface area contributed by atoms with E-state index in [-0.39, 0.29) is 23.7 Å². The maximum atomic E-state index is 12.0. The molecule has 0 aromatic heterocycles. The number of carboxylic acids is 2. The minimum absolute atomic E-state index is 0.00469. The first-order valence-corrected chi connectivity index (χ1v) is 11.1. The maximum absolute atomic E-state index is 12.0. The van der Waals surface area contributed by atoms with Crippen LogP contribution in [0.5, 0.6) is 0 Å². The third kappa shape index (κ3) is 13.2. The Hall–Kier alpha value is -1.06. The van der Waals surface area contributed by atoms with Crippen LogP contribution < -0.4 is 5.32 Å². The highest BCUT2D eigenvalue weighted by Gasteiger charge is 2.22. The van der Waals surface area contributed by atoms with Crippen molar-refractivity contribution in [2.75, 3.05) is 18.6 Å². The molecule has 0 aliphatic rings. The van der Waals surface area contributed by atoms with Gasteiger partial charge >= 0.3 is 11.9 Å². The largest absolute Gasteiger partial charge is 0.481 e. The number of ketones is 2. The summed E-state index contributed by atoms with van der Waals surface area (Å²) in [5.74, 6) is -2.02. The van der Waals surface area contributed by atoms with Gasteiger partial charge in [0.2, 0.25) is 0 Å². The van der Waals surface area contributed by atoms with Crippen LogP contribution in [-0.2, 0) is 19.2 Å². The molecule has 0 aliphatic heterocycles. The highest BCUT2D eigenvalue weighted by Crippen LogP contribution is 2.26. The van der Waals surface area contributed by atoms with Crippen molar-refractivity contribution in [1.29, 1.82) is 0 Å². The van der Waals surface area contributed by atoms with Gasteiger partial charge in [-0.2, -0.15) is 0 Å². The van der Waals surface area contributed by atoms with Gasteiger partial charge in [-0.25, -0.2) is 0 Å². The van der Waals surface area contributed by atoms with Gasteiger partial charge in [0, 0.05) is 30.8 Å². The highest BCUT2D eigenvalue weighted by molar-refractivity contribution is 8.76. The topological polar surface area (TPSA) is 121 Å². The fourth-order valence-corrected chi connectivity index (χ4v) is 4.71. The van der Waals surface area contributed by atoms with Gasteiger partial charge in [0.1, 0.15) is 17.6 Å². The molecule has 0 rings (SSSR count). The minimum Gasteiger partial charge on any atom is -0.481 e. The van der Waals surface area contributed by atoms with Gasteiger partial charge in [-0.15, -0.1) is 0 Å². The van der Waals surface area contributed by atoms with Crippen LogP contribution in [0.1, 0.15) is 51.9 Å². The number of likely N-dealkylation sites (N-methyl/N-ethyl adjacent to an activating group) is 1. The second-order valence-corrected chi connectivity index (χ2v) is 8.70. The van der Waals surface area contributed by atoms with Crippen molar-refractivity contribution in [3.8, 4) is 0 Å². The number of carbonyl (C=O) groups excluding carboxylic acids is 2. The van der Waals surface area contributed by atoms with E-state index in [4.69, 9.17) is 5.11 Å². The van der Waals surface area contributed by atoms with Crippen molar-refractivity contribution >= 4 is 45.1 Å². The van der Waals surface area contributed by atoms with Crippen molar-refractivity contribution in [3.63, 3.8) is 0 Å². The molecule has 0 saturated heterocycles. The Morgan fingerprint density at radius 2 is 1.46 bits per heavy atom. The van der Waals surface area contributed by atoms with Crippen LogP contribution in [0.15, 0.2) is 0 Å². The number of rotatable bonds is 17. The lowest BCUT2D eigenvalue weighted by atomic mass is 10.0. The average molecular weight is 408 g/mol. The number of aliphatic carboxylic acids is 2. The molecule has 0 bridgehead atoms. The number of unbranched alkanes of at least 4 members (excludes halogenated alkanes) is 3. The first-order valence-electron chi connectivity index (χ1n) is 8.66. The average Bonchev–Trinajstić information content (AvgIpc) is 2.56. The van der Waals surface area contributed by atoms with Crippen LogP contribution in [0.2, 0.25) is 0 Å². The summed E-state index contributed by atoms with van der Waals surface area (Å²) in [7, 11) is 4.12. The summed E-state index contributed by atoms with van der Waals surface area (Å²) in [6.45, 7) is 1.56. The number of hydrogen-bond donors (Lipinski definition) is 3. The summed E-state index contributed by atoms with van der Waals surface area (Å²) in [5, 5.41) is 20.8. The molecule has 0 radical (unpaired) electrons. The first-order chi connectivity index (χ1) is 12.3. The Bertz CT molecular complexity index is 472. The zero-order valence-electron chi connectivity index (χ0n) is 15.4. The van der Waals surface area contributed by atoms with E-state index in [0.29, 0.717) is 25.0 Å². The van der Waals surface area contributed by atoms with E-state index in [9.17, 15) is 24.3 Å². The fraction of sp³-hybridized carbons (Fsp3) is 0.765. The van der Waals surface area contributed by atoms with E-state index in [0.717, 1.165) is 19.3 Å². The zero-order chi connectivity index (χ0) is 19.9. The van der Waals surface area contributed by atoms with Crippen LogP contribution in [0.25, 0.3) is 0 Å². The summed E-state index contributed by atoms with van der Waals surface area (Å²) in [6.07, 6.45) is 4.25. The van der Waals surface area contributed by atoms with Crippen molar-refractivity contribution in [1.82, 2.24) is 5.32 Å². The van der Waals surface area contributed by atoms with E-state index in [1.165, 1.54) is 21.6 Å². The second-order valence-electron chi connectivity index (χ2n) is 6.14. The molecule has 3 N–H and O–H groups in total. The Labute approximate surface area is 162 Å². The van der Waals surface area contributed by atoms with Gasteiger partial charge in [0.25, 0.3) is 0 Å². The summed E-state index contributed by atoms with van der Waals surface area (Å²) in [6, 6.07) is -0.680. The van der Waals surface area contributed by atoms with Gasteiger partial charge in [-0.3, -0.25) is 14.4 Å². The predicted octanol–water partition coefficient (Wildman–Crippen LogP) is 2.63. The molecule has 2 atom stereocenters. The molecule has 9 heteroatoms. The lowest BCUT2D eigenvalue weighted by molar-refractivity contribution is -0.143. The number of Topliss-reactive ketones (excluding diaryl/α,β-unsaturated/α-hetero) is 2. The highest BCUT2D eigenvalue weighted by atomic mass is 33.1. The molecule has 0 spiro atoms. The minimum atomic E-state index is -1.00. The molecule has 0 saturated carbocycles. The van der Waals surface area contributed by atoms with E-state index in [1.807, 2.05) is 0 Å². The third-order valence-electron chi connectivity index (χ3n) is 3.79. The second kappa shape index (κ2) is 15.0. The third-order valence-corrected chi connectivity index (χ3v) is 6.28.